The van der Waals surface area contributed by atoms with Crippen molar-refractivity contribution in [2.45, 2.75) is 46.5 Å². The highest BCUT2D eigenvalue weighted by atomic mass is 16.5. The molecule has 0 aromatic heterocycles. The molecule has 0 rings (SSSR count). The lowest BCUT2D eigenvalue weighted by molar-refractivity contribution is -0.139. The van der Waals surface area contributed by atoms with Gasteiger partial charge >= 0.3 is 5.97 Å². The molecule has 0 heterocycles. The van der Waals surface area contributed by atoms with Crippen LogP contribution in [0.25, 0.3) is 0 Å². The first-order chi connectivity index (χ1) is 6.72. The zero-order chi connectivity index (χ0) is 10.8. The minimum absolute atomic E-state index is 0.250. The van der Waals surface area contributed by atoms with Gasteiger partial charge in [0, 0.05) is 0 Å². The van der Waals surface area contributed by atoms with Gasteiger partial charge in [-0.3, -0.25) is 0 Å². The summed E-state index contributed by atoms with van der Waals surface area (Å²) in [6, 6.07) is 0. The van der Waals surface area contributed by atoms with E-state index in [0.717, 1.165) is 12.8 Å². The standard InChI is InChI=1S/C12H20O2/c1-4-6-7-8-10-14-12(13)11(3)9-5-2/h5H,4,6-8,10H2,1-3H3. The van der Waals surface area contributed by atoms with Crippen molar-refractivity contribution in [2.24, 2.45) is 0 Å². The zero-order valence-electron chi connectivity index (χ0n) is 9.43. The van der Waals surface area contributed by atoms with E-state index in [4.69, 9.17) is 4.74 Å². The van der Waals surface area contributed by atoms with Crippen LogP contribution in [0.1, 0.15) is 46.5 Å². The molecule has 0 amide bonds. The second-order valence-electron chi connectivity index (χ2n) is 3.25. The molecule has 0 aliphatic carbocycles. The predicted molar refractivity (Wildman–Crippen MR) is 58.0 cm³/mol. The van der Waals surface area contributed by atoms with Crippen LogP contribution in [0.5, 0.6) is 0 Å². The molecule has 0 atom stereocenters. The van der Waals surface area contributed by atoms with Crippen molar-refractivity contribution in [1.82, 2.24) is 0 Å². The van der Waals surface area contributed by atoms with Crippen molar-refractivity contribution < 1.29 is 9.53 Å². The predicted octanol–water partition coefficient (Wildman–Crippen LogP) is 3.23. The average Bonchev–Trinajstić information content (AvgIpc) is 2.17. The first-order valence-electron chi connectivity index (χ1n) is 5.27. The van der Waals surface area contributed by atoms with Gasteiger partial charge in [-0.1, -0.05) is 26.2 Å². The Morgan fingerprint density at radius 1 is 1.36 bits per heavy atom. The molecule has 0 bridgehead atoms. The number of hydrogen-bond acceptors (Lipinski definition) is 2. The van der Waals surface area contributed by atoms with Crippen LogP contribution in [0.3, 0.4) is 0 Å². The Kier molecular flexibility index (Phi) is 7.96. The quantitative estimate of drug-likeness (QED) is 0.282. The molecular weight excluding hydrogens is 176 g/mol. The van der Waals surface area contributed by atoms with Crippen LogP contribution in [-0.2, 0) is 9.53 Å². The fourth-order valence-electron chi connectivity index (χ4n) is 1.08. The van der Waals surface area contributed by atoms with Gasteiger partial charge < -0.3 is 4.74 Å². The fraction of sp³-hybridized carbons (Fsp3) is 0.667. The molecule has 14 heavy (non-hydrogen) atoms. The third-order valence-electron chi connectivity index (χ3n) is 1.90. The lowest BCUT2D eigenvalue weighted by atomic mass is 10.2. The van der Waals surface area contributed by atoms with Crippen molar-refractivity contribution in [3.8, 4) is 0 Å². The maximum absolute atomic E-state index is 11.2. The summed E-state index contributed by atoms with van der Waals surface area (Å²) in [7, 11) is 0. The van der Waals surface area contributed by atoms with Crippen LogP contribution in [0.4, 0.5) is 0 Å². The third kappa shape index (κ3) is 6.50. The molecule has 0 radical (unpaired) electrons. The SMILES string of the molecule is CC=C=C(C)C(=O)OCCCCCC. The largest absolute Gasteiger partial charge is 0.462 e. The average molecular weight is 196 g/mol. The number of unbranched alkanes of at least 4 members (excludes halogenated alkanes) is 3. The summed E-state index contributed by atoms with van der Waals surface area (Å²) < 4.78 is 5.04. The molecule has 0 aromatic carbocycles. The van der Waals surface area contributed by atoms with Gasteiger partial charge in [-0.2, -0.15) is 0 Å². The molecule has 0 fully saturated rings. The van der Waals surface area contributed by atoms with Crippen molar-refractivity contribution in [3.63, 3.8) is 0 Å². The Hall–Kier alpha value is -1.01. The van der Waals surface area contributed by atoms with E-state index in [1.54, 1.807) is 13.0 Å². The van der Waals surface area contributed by atoms with Crippen LogP contribution in [0.2, 0.25) is 0 Å². The van der Waals surface area contributed by atoms with Crippen molar-refractivity contribution in [2.75, 3.05) is 6.61 Å². The molecule has 2 heteroatoms. The monoisotopic (exact) mass is 196 g/mol. The summed E-state index contributed by atoms with van der Waals surface area (Å²) in [6.07, 6.45) is 6.22. The maximum atomic E-state index is 11.2. The normalized spacial score (nSPS) is 9.07. The molecule has 2 nitrogen and oxygen atoms in total. The first kappa shape index (κ1) is 13.0. The molecule has 0 aromatic rings. The van der Waals surface area contributed by atoms with E-state index in [0.29, 0.717) is 12.2 Å². The Labute approximate surface area is 86.6 Å². The van der Waals surface area contributed by atoms with Gasteiger partial charge in [-0.05, 0) is 26.3 Å². The number of hydrogen-bond donors (Lipinski definition) is 0. The van der Waals surface area contributed by atoms with Crippen molar-refractivity contribution >= 4 is 5.97 Å². The summed E-state index contributed by atoms with van der Waals surface area (Å²) in [5, 5.41) is 0. The molecule has 80 valence electrons. The Morgan fingerprint density at radius 3 is 2.64 bits per heavy atom. The number of ether oxygens (including phenoxy) is 1. The van der Waals surface area contributed by atoms with Crippen LogP contribution in [-0.4, -0.2) is 12.6 Å². The molecule has 0 saturated carbocycles. The summed E-state index contributed by atoms with van der Waals surface area (Å²) in [5.74, 6) is -0.250. The summed E-state index contributed by atoms with van der Waals surface area (Å²) in [5.41, 5.74) is 3.36. The topological polar surface area (TPSA) is 26.3 Å². The van der Waals surface area contributed by atoms with Gasteiger partial charge in [0.15, 0.2) is 0 Å². The zero-order valence-corrected chi connectivity index (χ0v) is 9.43. The van der Waals surface area contributed by atoms with Gasteiger partial charge in [0.05, 0.1) is 12.2 Å². The van der Waals surface area contributed by atoms with Crippen LogP contribution < -0.4 is 0 Å². The first-order valence-corrected chi connectivity index (χ1v) is 5.27. The summed E-state index contributed by atoms with van der Waals surface area (Å²) in [4.78, 5) is 11.2. The lowest BCUT2D eigenvalue weighted by Crippen LogP contribution is -2.06. The number of rotatable bonds is 6. The molecule has 0 spiro atoms. The van der Waals surface area contributed by atoms with Gasteiger partial charge in [0.2, 0.25) is 0 Å². The van der Waals surface area contributed by atoms with E-state index in [9.17, 15) is 4.79 Å². The molecule has 0 N–H and O–H groups in total. The number of carbonyl (C=O) groups is 1. The number of esters is 1. The smallest absolute Gasteiger partial charge is 0.341 e. The third-order valence-corrected chi connectivity index (χ3v) is 1.90. The van der Waals surface area contributed by atoms with E-state index in [1.807, 2.05) is 6.92 Å². The van der Waals surface area contributed by atoms with Crippen LogP contribution >= 0.6 is 0 Å². The molecule has 0 unspecified atom stereocenters. The second kappa shape index (κ2) is 8.58. The van der Waals surface area contributed by atoms with E-state index in [-0.39, 0.29) is 5.97 Å². The summed E-state index contributed by atoms with van der Waals surface area (Å²) >= 11 is 0. The van der Waals surface area contributed by atoms with Crippen LogP contribution in [0.15, 0.2) is 17.4 Å². The highest BCUT2D eigenvalue weighted by molar-refractivity contribution is 5.87. The van der Waals surface area contributed by atoms with Gasteiger partial charge in [0.1, 0.15) is 0 Å². The highest BCUT2D eigenvalue weighted by Crippen LogP contribution is 2.01. The Morgan fingerprint density at radius 2 is 2.07 bits per heavy atom. The Bertz CT molecular complexity index is 222. The van der Waals surface area contributed by atoms with E-state index in [2.05, 4.69) is 12.7 Å². The minimum atomic E-state index is -0.250. The summed E-state index contributed by atoms with van der Waals surface area (Å²) in [6.45, 7) is 6.24. The lowest BCUT2D eigenvalue weighted by Gasteiger charge is -2.02. The van der Waals surface area contributed by atoms with E-state index >= 15 is 0 Å². The maximum Gasteiger partial charge on any atom is 0.341 e. The Balaban J connectivity index is 3.60. The fourth-order valence-corrected chi connectivity index (χ4v) is 1.08. The van der Waals surface area contributed by atoms with Crippen molar-refractivity contribution in [1.29, 1.82) is 0 Å². The second-order valence-corrected chi connectivity index (χ2v) is 3.25. The van der Waals surface area contributed by atoms with Gasteiger partial charge in [-0.15, -0.1) is 5.73 Å². The molecule has 0 saturated heterocycles. The van der Waals surface area contributed by atoms with Gasteiger partial charge in [-0.25, -0.2) is 4.79 Å². The molecule has 0 aliphatic rings. The highest BCUT2D eigenvalue weighted by Gasteiger charge is 2.03. The van der Waals surface area contributed by atoms with E-state index < -0.39 is 0 Å². The molecule has 0 aliphatic heterocycles. The van der Waals surface area contributed by atoms with E-state index in [1.165, 1.54) is 12.8 Å². The van der Waals surface area contributed by atoms with Crippen LogP contribution in [0, 0.1) is 0 Å². The molecular formula is C12H20O2. The minimum Gasteiger partial charge on any atom is -0.462 e. The van der Waals surface area contributed by atoms with Gasteiger partial charge in [0.25, 0.3) is 0 Å². The number of carbonyl (C=O) groups excluding carboxylic acids is 1. The van der Waals surface area contributed by atoms with Crippen molar-refractivity contribution in [3.05, 3.63) is 17.4 Å².